The van der Waals surface area contributed by atoms with Crippen LogP contribution >= 0.6 is 11.5 Å². The van der Waals surface area contributed by atoms with Crippen LogP contribution in [-0.2, 0) is 0 Å². The smallest absolute Gasteiger partial charge is 0.226 e. The summed E-state index contributed by atoms with van der Waals surface area (Å²) in [6.07, 6.45) is 3.56. The second-order valence-corrected chi connectivity index (χ2v) is 3.75. The van der Waals surface area contributed by atoms with Crippen molar-refractivity contribution in [3.8, 4) is 0 Å². The maximum absolute atomic E-state index is 5.45. The molecule has 6 heteroatoms. The molecule has 0 amide bonds. The Morgan fingerprint density at radius 3 is 3.14 bits per heavy atom. The Morgan fingerprint density at radius 1 is 1.50 bits per heavy atom. The number of hydrogen-bond donors (Lipinski definition) is 1. The number of aromatic nitrogens is 3. The molecule has 0 spiro atoms. The fourth-order valence-corrected chi connectivity index (χ4v) is 1.74. The largest absolute Gasteiger partial charge is 0.343 e. The molecular weight excluding hydrogens is 198 g/mol. The summed E-state index contributed by atoms with van der Waals surface area (Å²) in [5.41, 5.74) is 5.45. The van der Waals surface area contributed by atoms with E-state index in [4.69, 9.17) is 5.73 Å². The first-order valence-electron chi connectivity index (χ1n) is 4.30. The highest BCUT2D eigenvalue weighted by Crippen LogP contribution is 2.16. The lowest BCUT2D eigenvalue weighted by Gasteiger charge is -2.14. The van der Waals surface area contributed by atoms with E-state index in [1.807, 2.05) is 11.9 Å². The molecule has 0 saturated heterocycles. The average molecular weight is 209 g/mol. The lowest BCUT2D eigenvalue weighted by atomic mass is 10.5. The summed E-state index contributed by atoms with van der Waals surface area (Å²) in [6, 6.07) is 0. The van der Waals surface area contributed by atoms with Gasteiger partial charge in [0.2, 0.25) is 5.95 Å². The lowest BCUT2D eigenvalue weighted by Crippen LogP contribution is -2.26. The van der Waals surface area contributed by atoms with Crippen LogP contribution in [0.2, 0.25) is 0 Å². The minimum Gasteiger partial charge on any atom is -0.343 e. The normalized spacial score (nSPS) is 10.7. The van der Waals surface area contributed by atoms with E-state index in [-0.39, 0.29) is 0 Å². The number of hydrogen-bond acceptors (Lipinski definition) is 6. The molecule has 2 aromatic heterocycles. The zero-order valence-corrected chi connectivity index (χ0v) is 8.66. The van der Waals surface area contributed by atoms with Crippen LogP contribution in [0.15, 0.2) is 12.4 Å². The van der Waals surface area contributed by atoms with E-state index >= 15 is 0 Å². The van der Waals surface area contributed by atoms with E-state index in [2.05, 4.69) is 14.3 Å². The van der Waals surface area contributed by atoms with Gasteiger partial charge in [-0.25, -0.2) is 9.97 Å². The molecule has 14 heavy (non-hydrogen) atoms. The van der Waals surface area contributed by atoms with Crippen LogP contribution < -0.4 is 10.6 Å². The van der Waals surface area contributed by atoms with Crippen LogP contribution in [0, 0.1) is 0 Å². The highest BCUT2D eigenvalue weighted by Gasteiger charge is 2.05. The highest BCUT2D eigenvalue weighted by molar-refractivity contribution is 7.12. The Hall–Kier alpha value is -1.27. The van der Waals surface area contributed by atoms with Crippen molar-refractivity contribution in [1.82, 2.24) is 14.3 Å². The Bertz CT molecular complexity index is 426. The van der Waals surface area contributed by atoms with Crippen LogP contribution in [0.3, 0.4) is 0 Å². The monoisotopic (exact) mass is 209 g/mol. The number of fused-ring (bicyclic) bond motifs is 1. The maximum Gasteiger partial charge on any atom is 0.226 e. The molecule has 0 saturated carbocycles. The molecule has 2 rings (SSSR count). The van der Waals surface area contributed by atoms with Crippen molar-refractivity contribution < 1.29 is 0 Å². The molecule has 0 fully saturated rings. The van der Waals surface area contributed by atoms with Crippen LogP contribution in [-0.4, -0.2) is 34.5 Å². The van der Waals surface area contributed by atoms with E-state index in [0.29, 0.717) is 12.5 Å². The average Bonchev–Trinajstić information content (AvgIpc) is 2.64. The minimum absolute atomic E-state index is 0.598. The van der Waals surface area contributed by atoms with Crippen molar-refractivity contribution >= 4 is 27.7 Å². The van der Waals surface area contributed by atoms with Crippen molar-refractivity contribution in [3.05, 3.63) is 12.4 Å². The quantitative estimate of drug-likeness (QED) is 0.796. The zero-order valence-electron chi connectivity index (χ0n) is 7.84. The van der Waals surface area contributed by atoms with Gasteiger partial charge in [-0.2, -0.15) is 4.37 Å². The summed E-state index contributed by atoms with van der Waals surface area (Å²) in [4.78, 5) is 11.4. The fraction of sp³-hybridized carbons (Fsp3) is 0.375. The van der Waals surface area contributed by atoms with Crippen molar-refractivity contribution in [1.29, 1.82) is 0 Å². The second kappa shape index (κ2) is 3.85. The van der Waals surface area contributed by atoms with E-state index < -0.39 is 0 Å². The van der Waals surface area contributed by atoms with Crippen LogP contribution in [0.4, 0.5) is 5.95 Å². The van der Waals surface area contributed by atoms with Crippen LogP contribution in [0.5, 0.6) is 0 Å². The minimum atomic E-state index is 0.598. The molecule has 0 radical (unpaired) electrons. The Morgan fingerprint density at radius 2 is 2.36 bits per heavy atom. The molecule has 0 unspecified atom stereocenters. The summed E-state index contributed by atoms with van der Waals surface area (Å²) in [6.45, 7) is 1.35. The van der Waals surface area contributed by atoms with Crippen LogP contribution in [0.25, 0.3) is 10.2 Å². The second-order valence-electron chi connectivity index (χ2n) is 2.97. The topological polar surface area (TPSA) is 67.9 Å². The molecule has 2 aromatic rings. The van der Waals surface area contributed by atoms with Gasteiger partial charge in [-0.1, -0.05) is 0 Å². The van der Waals surface area contributed by atoms with Crippen molar-refractivity contribution in [2.45, 2.75) is 0 Å². The maximum atomic E-state index is 5.45. The first kappa shape index (κ1) is 9.29. The zero-order chi connectivity index (χ0) is 9.97. The third-order valence-electron chi connectivity index (χ3n) is 1.90. The van der Waals surface area contributed by atoms with E-state index in [0.717, 1.165) is 16.8 Å². The number of nitrogens with zero attached hydrogens (tertiary/aromatic N) is 4. The molecule has 2 N–H and O–H groups in total. The standard InChI is InChI=1S/C8H11N5S/c1-13(3-2-9)8-10-4-6-5-11-14-7(6)12-8/h4-5H,2-3,9H2,1H3. The number of likely N-dealkylation sites (N-methyl/N-ethyl adjacent to an activating group) is 1. The molecule has 74 valence electrons. The predicted octanol–water partition coefficient (Wildman–Crippen LogP) is 0.481. The lowest BCUT2D eigenvalue weighted by molar-refractivity contribution is 0.851. The predicted molar refractivity (Wildman–Crippen MR) is 57.5 cm³/mol. The molecule has 0 aliphatic heterocycles. The van der Waals surface area contributed by atoms with Gasteiger partial charge in [0.1, 0.15) is 4.83 Å². The molecular formula is C8H11N5S. The van der Waals surface area contributed by atoms with Gasteiger partial charge < -0.3 is 10.6 Å². The van der Waals surface area contributed by atoms with Gasteiger partial charge in [0.25, 0.3) is 0 Å². The fourth-order valence-electron chi connectivity index (χ4n) is 1.14. The highest BCUT2D eigenvalue weighted by atomic mass is 32.1. The summed E-state index contributed by atoms with van der Waals surface area (Å²) >= 11 is 1.38. The first-order valence-corrected chi connectivity index (χ1v) is 5.07. The summed E-state index contributed by atoms with van der Waals surface area (Å²) < 4.78 is 4.04. The van der Waals surface area contributed by atoms with Gasteiger partial charge in [-0.15, -0.1) is 0 Å². The van der Waals surface area contributed by atoms with Gasteiger partial charge in [0.05, 0.1) is 6.20 Å². The van der Waals surface area contributed by atoms with E-state index in [1.54, 1.807) is 12.4 Å². The molecule has 0 aromatic carbocycles. The van der Waals surface area contributed by atoms with Gasteiger partial charge in [0.15, 0.2) is 0 Å². The third-order valence-corrected chi connectivity index (χ3v) is 2.62. The Labute approximate surface area is 85.7 Å². The molecule has 2 heterocycles. The molecule has 0 aliphatic carbocycles. The Kier molecular flexibility index (Phi) is 2.55. The molecule has 0 atom stereocenters. The first-order chi connectivity index (χ1) is 6.81. The van der Waals surface area contributed by atoms with Crippen molar-refractivity contribution in [2.24, 2.45) is 5.73 Å². The Balaban J connectivity index is 2.33. The molecule has 0 aliphatic rings. The summed E-state index contributed by atoms with van der Waals surface area (Å²) in [5.74, 6) is 0.701. The number of anilines is 1. The third kappa shape index (κ3) is 1.66. The number of nitrogens with two attached hydrogens (primary N) is 1. The van der Waals surface area contributed by atoms with E-state index in [1.165, 1.54) is 11.5 Å². The van der Waals surface area contributed by atoms with E-state index in [9.17, 15) is 0 Å². The molecule has 5 nitrogen and oxygen atoms in total. The van der Waals surface area contributed by atoms with Crippen LogP contribution in [0.1, 0.15) is 0 Å². The van der Waals surface area contributed by atoms with Crippen molar-refractivity contribution in [2.75, 3.05) is 25.0 Å². The van der Waals surface area contributed by atoms with Crippen molar-refractivity contribution in [3.63, 3.8) is 0 Å². The SMILES string of the molecule is CN(CCN)c1ncc2cnsc2n1. The van der Waals surface area contributed by atoms with Gasteiger partial charge in [-0.05, 0) is 11.5 Å². The summed E-state index contributed by atoms with van der Waals surface area (Å²) in [5, 5.41) is 0.986. The summed E-state index contributed by atoms with van der Waals surface area (Å²) in [7, 11) is 1.93. The molecule has 0 bridgehead atoms. The van der Waals surface area contributed by atoms with Gasteiger partial charge >= 0.3 is 0 Å². The van der Waals surface area contributed by atoms with Gasteiger partial charge in [0, 0.05) is 31.7 Å². The van der Waals surface area contributed by atoms with Gasteiger partial charge in [-0.3, -0.25) is 0 Å². The number of rotatable bonds is 3.